The molecule has 1 aromatic heterocycles. The van der Waals surface area contributed by atoms with Crippen LogP contribution < -0.4 is 4.74 Å². The van der Waals surface area contributed by atoms with Gasteiger partial charge in [0, 0.05) is 12.7 Å². The van der Waals surface area contributed by atoms with E-state index in [0.29, 0.717) is 0 Å². The van der Waals surface area contributed by atoms with Crippen LogP contribution in [0, 0.1) is 0 Å². The van der Waals surface area contributed by atoms with E-state index >= 15 is 0 Å². The molecule has 1 unspecified atom stereocenters. The summed E-state index contributed by atoms with van der Waals surface area (Å²) in [6.45, 7) is 0.838. The molecule has 1 N–H and O–H groups in total. The maximum absolute atomic E-state index is 5.73. The molecule has 0 saturated carbocycles. The molecule has 0 aliphatic carbocycles. The van der Waals surface area contributed by atoms with Crippen molar-refractivity contribution in [2.24, 2.45) is 0 Å². The smallest absolute Gasteiger partial charge is 0.136 e. The fraction of sp³-hybridized carbons (Fsp3) is 0.462. The van der Waals surface area contributed by atoms with Crippen molar-refractivity contribution in [2.45, 2.75) is 25.4 Å². The van der Waals surface area contributed by atoms with Gasteiger partial charge < -0.3 is 14.5 Å². The Bertz CT molecular complexity index is 515. The van der Waals surface area contributed by atoms with Gasteiger partial charge in [0.2, 0.25) is 0 Å². The fourth-order valence-corrected chi connectivity index (χ4v) is 2.24. The zero-order valence-corrected chi connectivity index (χ0v) is 9.90. The number of aromatic nitrogens is 2. The predicted octanol–water partition coefficient (Wildman–Crippen LogP) is 2.81. The minimum absolute atomic E-state index is 0.127. The average molecular weight is 232 g/mol. The Kier molecular flexibility index (Phi) is 2.73. The topological polar surface area (TPSA) is 47.1 Å². The monoisotopic (exact) mass is 232 g/mol. The number of nitrogens with zero attached hydrogens (tertiary/aromatic N) is 1. The second-order valence-corrected chi connectivity index (χ2v) is 4.36. The number of aromatic amines is 1. The van der Waals surface area contributed by atoms with Crippen LogP contribution in [-0.4, -0.2) is 23.7 Å². The molecule has 1 aliphatic heterocycles. The minimum Gasteiger partial charge on any atom is -0.497 e. The number of imidazole rings is 1. The third-order valence-electron chi connectivity index (χ3n) is 3.19. The molecule has 1 fully saturated rings. The number of ether oxygens (including phenoxy) is 2. The van der Waals surface area contributed by atoms with Crippen LogP contribution in [-0.2, 0) is 4.74 Å². The summed E-state index contributed by atoms with van der Waals surface area (Å²) in [6.07, 6.45) is 3.55. The highest BCUT2D eigenvalue weighted by Gasteiger charge is 2.19. The lowest BCUT2D eigenvalue weighted by atomic mass is 10.1. The van der Waals surface area contributed by atoms with Gasteiger partial charge >= 0.3 is 0 Å². The first-order valence-corrected chi connectivity index (χ1v) is 6.02. The summed E-state index contributed by atoms with van der Waals surface area (Å²) in [5.41, 5.74) is 1.98. The van der Waals surface area contributed by atoms with Gasteiger partial charge in [0.1, 0.15) is 17.7 Å². The highest BCUT2D eigenvalue weighted by molar-refractivity contribution is 5.76. The van der Waals surface area contributed by atoms with Crippen molar-refractivity contribution >= 4 is 11.0 Å². The number of benzene rings is 1. The molecule has 1 aromatic carbocycles. The van der Waals surface area contributed by atoms with Gasteiger partial charge in [0.15, 0.2) is 0 Å². The Hall–Kier alpha value is -1.55. The van der Waals surface area contributed by atoms with E-state index in [-0.39, 0.29) is 6.10 Å². The van der Waals surface area contributed by atoms with Gasteiger partial charge in [0.05, 0.1) is 18.1 Å². The number of methoxy groups -OCH3 is 1. The lowest BCUT2D eigenvalue weighted by molar-refractivity contribution is 0.0101. The van der Waals surface area contributed by atoms with Gasteiger partial charge in [-0.1, -0.05) is 0 Å². The minimum atomic E-state index is 0.127. The third-order valence-corrected chi connectivity index (χ3v) is 3.19. The lowest BCUT2D eigenvalue weighted by Crippen LogP contribution is -2.12. The molecule has 4 nitrogen and oxygen atoms in total. The Balaban J connectivity index is 1.95. The predicted molar refractivity (Wildman–Crippen MR) is 65.2 cm³/mol. The Morgan fingerprint density at radius 2 is 2.35 bits per heavy atom. The molecule has 0 amide bonds. The summed E-state index contributed by atoms with van der Waals surface area (Å²) in [6, 6.07) is 5.86. The molecule has 90 valence electrons. The number of fused-ring (bicyclic) bond motifs is 1. The molecular weight excluding hydrogens is 216 g/mol. The lowest BCUT2D eigenvalue weighted by Gasteiger charge is -2.20. The van der Waals surface area contributed by atoms with Crippen molar-refractivity contribution in [1.29, 1.82) is 0 Å². The Labute approximate surface area is 100.0 Å². The molecule has 0 radical (unpaired) electrons. The highest BCUT2D eigenvalue weighted by Crippen LogP contribution is 2.28. The quantitative estimate of drug-likeness (QED) is 0.866. The van der Waals surface area contributed by atoms with Crippen LogP contribution in [0.5, 0.6) is 5.75 Å². The van der Waals surface area contributed by atoms with Gasteiger partial charge in [-0.15, -0.1) is 0 Å². The van der Waals surface area contributed by atoms with Crippen LogP contribution in [0.4, 0.5) is 0 Å². The van der Waals surface area contributed by atoms with E-state index in [9.17, 15) is 0 Å². The van der Waals surface area contributed by atoms with E-state index in [2.05, 4.69) is 9.97 Å². The summed E-state index contributed by atoms with van der Waals surface area (Å²) < 4.78 is 10.9. The zero-order chi connectivity index (χ0) is 11.7. The molecule has 0 bridgehead atoms. The molecule has 2 aromatic rings. The average Bonchev–Trinajstić information content (AvgIpc) is 2.82. The molecule has 1 aliphatic rings. The van der Waals surface area contributed by atoms with Crippen LogP contribution in [0.25, 0.3) is 11.0 Å². The van der Waals surface area contributed by atoms with Crippen LogP contribution in [0.3, 0.4) is 0 Å². The number of hydrogen-bond donors (Lipinski definition) is 1. The van der Waals surface area contributed by atoms with Gasteiger partial charge in [-0.2, -0.15) is 0 Å². The van der Waals surface area contributed by atoms with Gasteiger partial charge in [-0.25, -0.2) is 4.98 Å². The van der Waals surface area contributed by atoms with Crippen LogP contribution in [0.2, 0.25) is 0 Å². The first kappa shape index (κ1) is 10.6. The Morgan fingerprint density at radius 3 is 3.12 bits per heavy atom. The summed E-state index contributed by atoms with van der Waals surface area (Å²) in [7, 11) is 1.67. The first-order valence-electron chi connectivity index (χ1n) is 6.02. The largest absolute Gasteiger partial charge is 0.497 e. The van der Waals surface area contributed by atoms with Gasteiger partial charge in [-0.05, 0) is 31.4 Å². The van der Waals surface area contributed by atoms with Crippen molar-refractivity contribution in [3.05, 3.63) is 24.0 Å². The van der Waals surface area contributed by atoms with Crippen LogP contribution >= 0.6 is 0 Å². The van der Waals surface area contributed by atoms with Gasteiger partial charge in [-0.3, -0.25) is 0 Å². The first-order chi connectivity index (χ1) is 8.36. The number of rotatable bonds is 2. The summed E-state index contributed by atoms with van der Waals surface area (Å²) in [4.78, 5) is 7.90. The molecule has 1 atom stereocenters. The highest BCUT2D eigenvalue weighted by atomic mass is 16.5. The van der Waals surface area contributed by atoms with Crippen molar-refractivity contribution in [2.75, 3.05) is 13.7 Å². The van der Waals surface area contributed by atoms with Crippen LogP contribution in [0.15, 0.2) is 18.2 Å². The Morgan fingerprint density at radius 1 is 1.41 bits per heavy atom. The number of H-pyrrole nitrogens is 1. The maximum atomic E-state index is 5.73. The maximum Gasteiger partial charge on any atom is 0.136 e. The second-order valence-electron chi connectivity index (χ2n) is 4.36. The van der Waals surface area contributed by atoms with Crippen molar-refractivity contribution < 1.29 is 9.47 Å². The summed E-state index contributed by atoms with van der Waals surface area (Å²) in [5, 5.41) is 0. The molecule has 4 heteroatoms. The molecule has 17 heavy (non-hydrogen) atoms. The van der Waals surface area contributed by atoms with Crippen molar-refractivity contribution in [3.8, 4) is 5.75 Å². The molecular formula is C13H16N2O2. The zero-order valence-electron chi connectivity index (χ0n) is 9.90. The summed E-state index contributed by atoms with van der Waals surface area (Å²) >= 11 is 0. The van der Waals surface area contributed by atoms with Crippen molar-refractivity contribution in [1.82, 2.24) is 9.97 Å². The van der Waals surface area contributed by atoms with E-state index in [1.54, 1.807) is 7.11 Å². The fourth-order valence-electron chi connectivity index (χ4n) is 2.24. The SMILES string of the molecule is COc1ccc2nc(C3CCCCO3)[nH]c2c1. The standard InChI is InChI=1S/C13H16N2O2/c1-16-9-5-6-10-11(8-9)15-13(14-10)12-4-2-3-7-17-12/h5-6,8,12H,2-4,7H2,1H3,(H,14,15). The van der Waals surface area contributed by atoms with Crippen LogP contribution in [0.1, 0.15) is 31.2 Å². The molecule has 1 saturated heterocycles. The second kappa shape index (κ2) is 4.37. The summed E-state index contributed by atoms with van der Waals surface area (Å²) in [5.74, 6) is 1.78. The normalized spacial score (nSPS) is 20.6. The van der Waals surface area contributed by atoms with E-state index < -0.39 is 0 Å². The number of hydrogen-bond acceptors (Lipinski definition) is 3. The van der Waals surface area contributed by atoms with Gasteiger partial charge in [0.25, 0.3) is 0 Å². The van der Waals surface area contributed by atoms with E-state index in [4.69, 9.17) is 9.47 Å². The van der Waals surface area contributed by atoms with E-state index in [0.717, 1.165) is 42.1 Å². The van der Waals surface area contributed by atoms with E-state index in [1.807, 2.05) is 18.2 Å². The molecule has 3 rings (SSSR count). The van der Waals surface area contributed by atoms with Crippen molar-refractivity contribution in [3.63, 3.8) is 0 Å². The van der Waals surface area contributed by atoms with E-state index in [1.165, 1.54) is 6.42 Å². The molecule has 0 spiro atoms. The number of nitrogens with one attached hydrogen (secondary N) is 1. The molecule has 2 heterocycles. The third kappa shape index (κ3) is 2.00.